The predicted octanol–water partition coefficient (Wildman–Crippen LogP) is 4.95. The van der Waals surface area contributed by atoms with Crippen LogP contribution in [0, 0.1) is 12.8 Å². The molecule has 0 amide bonds. The van der Waals surface area contributed by atoms with Crippen LogP contribution in [-0.2, 0) is 0 Å². The van der Waals surface area contributed by atoms with Gasteiger partial charge in [-0.3, -0.25) is 0 Å². The maximum Gasteiger partial charge on any atom is 0.104 e. The number of nitrogens with zero attached hydrogens (tertiary/aromatic N) is 1. The minimum atomic E-state index is 0.884. The summed E-state index contributed by atoms with van der Waals surface area (Å²) in [5, 5.41) is 0. The van der Waals surface area contributed by atoms with Gasteiger partial charge in [0.05, 0.1) is 11.0 Å². The highest BCUT2D eigenvalue weighted by Gasteiger charge is 1.93. The lowest BCUT2D eigenvalue weighted by Crippen LogP contribution is -1.77. The molecule has 17 heavy (non-hydrogen) atoms. The van der Waals surface area contributed by atoms with Gasteiger partial charge in [-0.25, -0.2) is 4.98 Å². The van der Waals surface area contributed by atoms with Crippen molar-refractivity contribution in [2.75, 3.05) is 0 Å². The van der Waals surface area contributed by atoms with Crippen molar-refractivity contribution in [3.8, 4) is 0 Å². The van der Waals surface area contributed by atoms with Crippen molar-refractivity contribution in [3.05, 3.63) is 30.1 Å². The van der Waals surface area contributed by atoms with Crippen molar-refractivity contribution < 1.29 is 0 Å². The van der Waals surface area contributed by atoms with Gasteiger partial charge in [-0.15, -0.1) is 0 Å². The molecule has 0 spiro atoms. The van der Waals surface area contributed by atoms with Crippen LogP contribution < -0.4 is 0 Å². The van der Waals surface area contributed by atoms with Crippen LogP contribution in [0.5, 0.6) is 0 Å². The number of imidazole rings is 1. The fraction of sp³-hybridized carbons (Fsp3) is 0.533. The smallest absolute Gasteiger partial charge is 0.104 e. The summed E-state index contributed by atoms with van der Waals surface area (Å²) in [4.78, 5) is 7.40. The van der Waals surface area contributed by atoms with Gasteiger partial charge in [-0.05, 0) is 25.0 Å². The average Bonchev–Trinajstić information content (AvgIpc) is 2.72. The van der Waals surface area contributed by atoms with Gasteiger partial charge in [0.25, 0.3) is 0 Å². The van der Waals surface area contributed by atoms with Gasteiger partial charge in [-0.2, -0.15) is 0 Å². The fourth-order valence-corrected chi connectivity index (χ4v) is 1.08. The number of hydrogen-bond acceptors (Lipinski definition) is 1. The van der Waals surface area contributed by atoms with Crippen LogP contribution in [-0.4, -0.2) is 9.97 Å². The number of rotatable bonds is 1. The Kier molecular flexibility index (Phi) is 8.12. The van der Waals surface area contributed by atoms with Crippen LogP contribution in [0.25, 0.3) is 11.0 Å². The molecule has 2 rings (SSSR count). The van der Waals surface area contributed by atoms with E-state index in [0.717, 1.165) is 22.8 Å². The normalized spacial score (nSPS) is 9.35. The number of para-hydroxylation sites is 2. The van der Waals surface area contributed by atoms with Gasteiger partial charge >= 0.3 is 0 Å². The molecule has 0 aliphatic heterocycles. The zero-order chi connectivity index (χ0) is 13.3. The molecule has 0 aliphatic carbocycles. The Balaban J connectivity index is 0.000000315. The third-order valence-corrected chi connectivity index (χ3v) is 2.32. The molecular formula is C15H26N2. The first-order valence-corrected chi connectivity index (χ1v) is 6.54. The molecule has 2 nitrogen and oxygen atoms in total. The number of aryl methyl sites for hydroxylation is 1. The highest BCUT2D eigenvalue weighted by atomic mass is 14.9. The Hall–Kier alpha value is -1.31. The molecule has 0 radical (unpaired) electrons. The number of fused-ring (bicyclic) bond motifs is 1. The van der Waals surface area contributed by atoms with Gasteiger partial charge < -0.3 is 4.98 Å². The van der Waals surface area contributed by atoms with E-state index in [-0.39, 0.29) is 0 Å². The first-order valence-electron chi connectivity index (χ1n) is 6.54. The van der Waals surface area contributed by atoms with Crippen LogP contribution >= 0.6 is 0 Å². The molecule has 1 N–H and O–H groups in total. The molecule has 0 fully saturated rings. The summed E-state index contributed by atoms with van der Waals surface area (Å²) in [5.41, 5.74) is 2.15. The Labute approximate surface area is 105 Å². The van der Waals surface area contributed by atoms with E-state index >= 15 is 0 Å². The largest absolute Gasteiger partial charge is 0.342 e. The standard InChI is InChI=1S/C8H8N2.C5H12.C2H6/c1-6-9-7-4-2-3-5-8(7)10-6;1-4-5(2)3;1-2/h2-5H,1H3,(H,9,10);5H,4H2,1-3H3;1-2H3. The third kappa shape index (κ3) is 6.10. The number of nitrogens with one attached hydrogen (secondary N) is 1. The van der Waals surface area contributed by atoms with Crippen molar-refractivity contribution in [1.29, 1.82) is 0 Å². The summed E-state index contributed by atoms with van der Waals surface area (Å²) in [6.45, 7) is 12.6. The van der Waals surface area contributed by atoms with E-state index in [0.29, 0.717) is 0 Å². The minimum absolute atomic E-state index is 0.884. The highest BCUT2D eigenvalue weighted by Crippen LogP contribution is 2.08. The molecule has 96 valence electrons. The molecule has 1 aromatic carbocycles. The van der Waals surface area contributed by atoms with Gasteiger partial charge in [-0.1, -0.05) is 53.2 Å². The summed E-state index contributed by atoms with van der Waals surface area (Å²) in [5.74, 6) is 1.86. The lowest BCUT2D eigenvalue weighted by molar-refractivity contribution is 0.626. The second-order valence-electron chi connectivity index (χ2n) is 4.14. The molecule has 2 heteroatoms. The van der Waals surface area contributed by atoms with E-state index < -0.39 is 0 Å². The molecule has 0 unspecified atom stereocenters. The van der Waals surface area contributed by atoms with Crippen LogP contribution in [0.3, 0.4) is 0 Å². The van der Waals surface area contributed by atoms with E-state index in [2.05, 4.69) is 30.7 Å². The molecule has 0 bridgehead atoms. The zero-order valence-corrected chi connectivity index (χ0v) is 12.0. The van der Waals surface area contributed by atoms with Crippen molar-refractivity contribution in [3.63, 3.8) is 0 Å². The van der Waals surface area contributed by atoms with Crippen molar-refractivity contribution in [1.82, 2.24) is 9.97 Å². The molecule has 1 heterocycles. The van der Waals surface area contributed by atoms with Gasteiger partial charge in [0.2, 0.25) is 0 Å². The SMILES string of the molecule is CC.CCC(C)C.Cc1nc2ccccc2[nH]1. The van der Waals surface area contributed by atoms with Crippen LogP contribution in [0.2, 0.25) is 0 Å². The lowest BCUT2D eigenvalue weighted by atomic mass is 10.2. The third-order valence-electron chi connectivity index (χ3n) is 2.32. The molecular weight excluding hydrogens is 208 g/mol. The topological polar surface area (TPSA) is 28.7 Å². The van der Waals surface area contributed by atoms with Crippen molar-refractivity contribution >= 4 is 11.0 Å². The summed E-state index contributed by atoms with van der Waals surface area (Å²) >= 11 is 0. The average molecular weight is 234 g/mol. The summed E-state index contributed by atoms with van der Waals surface area (Å²) in [7, 11) is 0. The fourth-order valence-electron chi connectivity index (χ4n) is 1.08. The predicted molar refractivity (Wildman–Crippen MR) is 77.3 cm³/mol. The molecule has 0 saturated heterocycles. The molecule has 2 aromatic rings. The summed E-state index contributed by atoms with van der Waals surface area (Å²) < 4.78 is 0. The molecule has 0 aliphatic rings. The summed E-state index contributed by atoms with van der Waals surface area (Å²) in [6, 6.07) is 8.01. The molecule has 0 atom stereocenters. The van der Waals surface area contributed by atoms with E-state index in [1.807, 2.05) is 45.0 Å². The van der Waals surface area contributed by atoms with Gasteiger partial charge in [0.1, 0.15) is 5.82 Å². The molecule has 1 aromatic heterocycles. The van der Waals surface area contributed by atoms with Gasteiger partial charge in [0.15, 0.2) is 0 Å². The van der Waals surface area contributed by atoms with Crippen molar-refractivity contribution in [2.24, 2.45) is 5.92 Å². The Bertz CT molecular complexity index is 369. The Morgan fingerprint density at radius 1 is 1.18 bits per heavy atom. The zero-order valence-electron chi connectivity index (χ0n) is 12.0. The number of H-pyrrole nitrogens is 1. The van der Waals surface area contributed by atoms with Crippen molar-refractivity contribution in [2.45, 2.75) is 48.0 Å². The quantitative estimate of drug-likeness (QED) is 0.743. The second kappa shape index (κ2) is 8.80. The highest BCUT2D eigenvalue weighted by molar-refractivity contribution is 5.74. The Morgan fingerprint density at radius 2 is 1.71 bits per heavy atom. The molecule has 0 saturated carbocycles. The number of hydrogen-bond donors (Lipinski definition) is 1. The van der Waals surface area contributed by atoms with E-state index in [1.54, 1.807) is 0 Å². The first kappa shape index (κ1) is 15.7. The van der Waals surface area contributed by atoms with Crippen LogP contribution in [0.4, 0.5) is 0 Å². The summed E-state index contributed by atoms with van der Waals surface area (Å²) in [6.07, 6.45) is 1.31. The first-order chi connectivity index (χ1) is 8.13. The monoisotopic (exact) mass is 234 g/mol. The Morgan fingerprint density at radius 3 is 2.18 bits per heavy atom. The van der Waals surface area contributed by atoms with E-state index in [1.165, 1.54) is 6.42 Å². The second-order valence-corrected chi connectivity index (χ2v) is 4.14. The lowest BCUT2D eigenvalue weighted by Gasteiger charge is -1.90. The van der Waals surface area contributed by atoms with E-state index in [9.17, 15) is 0 Å². The number of benzene rings is 1. The van der Waals surface area contributed by atoms with Crippen LogP contribution in [0.15, 0.2) is 24.3 Å². The minimum Gasteiger partial charge on any atom is -0.342 e. The number of aromatic amines is 1. The van der Waals surface area contributed by atoms with Crippen LogP contribution in [0.1, 0.15) is 46.9 Å². The maximum absolute atomic E-state index is 4.26. The van der Waals surface area contributed by atoms with E-state index in [4.69, 9.17) is 0 Å². The maximum atomic E-state index is 4.26. The number of aromatic nitrogens is 2. The van der Waals surface area contributed by atoms with Gasteiger partial charge in [0, 0.05) is 0 Å².